The summed E-state index contributed by atoms with van der Waals surface area (Å²) in [6.45, 7) is -0.182. The molecule has 0 aliphatic rings. The van der Waals surface area contributed by atoms with Crippen LogP contribution in [0.15, 0.2) is 42.5 Å². The summed E-state index contributed by atoms with van der Waals surface area (Å²) in [5.41, 5.74) is 1.40. The van der Waals surface area contributed by atoms with Gasteiger partial charge in [-0.2, -0.15) is 15.5 Å². The van der Waals surface area contributed by atoms with Crippen LogP contribution in [0.3, 0.4) is 0 Å². The normalized spacial score (nSPS) is 9.96. The Kier molecular flexibility index (Phi) is 5.11. The van der Waals surface area contributed by atoms with Crippen LogP contribution in [-0.2, 0) is 0 Å². The van der Waals surface area contributed by atoms with Crippen LogP contribution in [0.2, 0.25) is 0 Å². The summed E-state index contributed by atoms with van der Waals surface area (Å²) < 4.78 is 16.1. The van der Waals surface area contributed by atoms with Crippen LogP contribution in [0.5, 0.6) is 17.4 Å². The molecule has 2 aromatic carbocycles. The Bertz CT molecular complexity index is 1020. The quantitative estimate of drug-likeness (QED) is 0.676. The third-order valence-electron chi connectivity index (χ3n) is 3.56. The molecule has 7 nitrogen and oxygen atoms in total. The van der Waals surface area contributed by atoms with Crippen LogP contribution < -0.4 is 14.2 Å². The summed E-state index contributed by atoms with van der Waals surface area (Å²) in [7, 11) is 1.51. The van der Waals surface area contributed by atoms with E-state index in [1.54, 1.807) is 18.2 Å². The first-order valence-corrected chi connectivity index (χ1v) is 7.71. The van der Waals surface area contributed by atoms with Crippen molar-refractivity contribution in [1.82, 2.24) is 9.97 Å². The van der Waals surface area contributed by atoms with Gasteiger partial charge in [0.25, 0.3) is 0 Å². The Morgan fingerprint density at radius 2 is 1.69 bits per heavy atom. The highest BCUT2D eigenvalue weighted by atomic mass is 16.5. The van der Waals surface area contributed by atoms with E-state index in [0.29, 0.717) is 34.3 Å². The fourth-order valence-electron chi connectivity index (χ4n) is 2.42. The third kappa shape index (κ3) is 3.47. The maximum atomic E-state index is 8.78. The van der Waals surface area contributed by atoms with Gasteiger partial charge in [-0.1, -0.05) is 12.1 Å². The second kappa shape index (κ2) is 7.82. The smallest absolute Gasteiger partial charge is 0.226 e. The molecule has 26 heavy (non-hydrogen) atoms. The summed E-state index contributed by atoms with van der Waals surface area (Å²) in [6, 6.07) is 16.5. The van der Waals surface area contributed by atoms with E-state index in [0.717, 1.165) is 5.39 Å². The van der Waals surface area contributed by atoms with Gasteiger partial charge in [0.2, 0.25) is 5.88 Å². The van der Waals surface area contributed by atoms with Crippen molar-refractivity contribution in [2.24, 2.45) is 0 Å². The molecule has 7 heteroatoms. The lowest BCUT2D eigenvalue weighted by atomic mass is 10.1. The minimum absolute atomic E-state index is 0.0751. The van der Waals surface area contributed by atoms with Crippen LogP contribution in [-0.4, -0.2) is 30.3 Å². The molecule has 1 aromatic heterocycles. The van der Waals surface area contributed by atoms with Crippen LogP contribution in [0, 0.1) is 22.7 Å². The van der Waals surface area contributed by atoms with Gasteiger partial charge in [0.1, 0.15) is 12.1 Å². The topological polar surface area (TPSA) is 101 Å². The highest BCUT2D eigenvalue weighted by Crippen LogP contribution is 2.33. The fraction of sp³-hybridized carbons (Fsp3) is 0.158. The molecule has 0 saturated carbocycles. The number of para-hydroxylation sites is 1. The van der Waals surface area contributed by atoms with Crippen molar-refractivity contribution in [1.29, 1.82) is 10.5 Å². The zero-order valence-electron chi connectivity index (χ0n) is 14.0. The van der Waals surface area contributed by atoms with E-state index in [1.165, 1.54) is 7.11 Å². The van der Waals surface area contributed by atoms with Crippen LogP contribution in [0.4, 0.5) is 0 Å². The lowest BCUT2D eigenvalue weighted by Crippen LogP contribution is -2.01. The average molecular weight is 346 g/mol. The van der Waals surface area contributed by atoms with E-state index in [2.05, 4.69) is 9.97 Å². The molecule has 1 heterocycles. The SMILES string of the molecule is COc1cc(-c2nc(OCC#N)c3ccccc3n2)ccc1OCC#N. The Balaban J connectivity index is 2.07. The first-order chi connectivity index (χ1) is 12.8. The van der Waals surface area contributed by atoms with Gasteiger partial charge in [0, 0.05) is 5.56 Å². The van der Waals surface area contributed by atoms with E-state index in [1.807, 2.05) is 36.4 Å². The molecule has 128 valence electrons. The Hall–Kier alpha value is -3.84. The van der Waals surface area contributed by atoms with Gasteiger partial charge < -0.3 is 14.2 Å². The van der Waals surface area contributed by atoms with E-state index in [4.69, 9.17) is 24.7 Å². The molecule has 0 N–H and O–H groups in total. The molecule has 0 atom stereocenters. The van der Waals surface area contributed by atoms with Crippen molar-refractivity contribution in [2.75, 3.05) is 20.3 Å². The summed E-state index contributed by atoms with van der Waals surface area (Å²) in [5, 5.41) is 18.2. The molecule has 0 amide bonds. The van der Waals surface area contributed by atoms with Gasteiger partial charge in [0.15, 0.2) is 30.5 Å². The standard InChI is InChI=1S/C19H14N4O3/c1-24-17-12-13(6-7-16(17)25-10-8-20)18-22-15-5-3-2-4-14(15)19(23-18)26-11-9-21/h2-7,12H,10-11H2,1H3. The number of hydrogen-bond donors (Lipinski definition) is 0. The highest BCUT2D eigenvalue weighted by molar-refractivity contribution is 5.85. The lowest BCUT2D eigenvalue weighted by molar-refractivity contribution is 0.330. The van der Waals surface area contributed by atoms with Crippen molar-refractivity contribution in [3.8, 4) is 40.9 Å². The molecular weight excluding hydrogens is 332 g/mol. The number of aromatic nitrogens is 2. The second-order valence-electron chi connectivity index (χ2n) is 5.13. The predicted molar refractivity (Wildman–Crippen MR) is 93.7 cm³/mol. The number of methoxy groups -OCH3 is 1. The number of nitrogens with zero attached hydrogens (tertiary/aromatic N) is 4. The zero-order valence-corrected chi connectivity index (χ0v) is 14.0. The fourth-order valence-corrected chi connectivity index (χ4v) is 2.42. The van der Waals surface area contributed by atoms with Gasteiger partial charge >= 0.3 is 0 Å². The maximum Gasteiger partial charge on any atom is 0.226 e. The first-order valence-electron chi connectivity index (χ1n) is 7.71. The summed E-state index contributed by atoms with van der Waals surface area (Å²) in [6.07, 6.45) is 0. The molecule has 0 unspecified atom stereocenters. The van der Waals surface area contributed by atoms with Crippen LogP contribution in [0.25, 0.3) is 22.3 Å². The Morgan fingerprint density at radius 1 is 0.923 bits per heavy atom. The molecule has 0 radical (unpaired) electrons. The highest BCUT2D eigenvalue weighted by Gasteiger charge is 2.13. The largest absolute Gasteiger partial charge is 0.493 e. The number of ether oxygens (including phenoxy) is 3. The summed E-state index contributed by atoms with van der Waals surface area (Å²) in [4.78, 5) is 9.00. The molecule has 0 aliphatic carbocycles. The van der Waals surface area contributed by atoms with E-state index >= 15 is 0 Å². The van der Waals surface area contributed by atoms with Crippen molar-refractivity contribution in [3.05, 3.63) is 42.5 Å². The van der Waals surface area contributed by atoms with Crippen molar-refractivity contribution in [3.63, 3.8) is 0 Å². The average Bonchev–Trinajstić information content (AvgIpc) is 2.70. The lowest BCUT2D eigenvalue weighted by Gasteiger charge is -2.11. The van der Waals surface area contributed by atoms with E-state index < -0.39 is 0 Å². The number of benzene rings is 2. The molecule has 0 aliphatic heterocycles. The molecule has 0 bridgehead atoms. The van der Waals surface area contributed by atoms with Crippen LogP contribution >= 0.6 is 0 Å². The Labute approximate surface area is 150 Å². The molecule has 0 saturated heterocycles. The molecule has 0 spiro atoms. The first kappa shape index (κ1) is 17.0. The minimum Gasteiger partial charge on any atom is -0.493 e. The minimum atomic E-state index is -0.106. The molecule has 3 rings (SSSR count). The third-order valence-corrected chi connectivity index (χ3v) is 3.56. The maximum absolute atomic E-state index is 8.78. The van der Waals surface area contributed by atoms with Gasteiger partial charge in [-0.3, -0.25) is 0 Å². The number of hydrogen-bond acceptors (Lipinski definition) is 7. The monoisotopic (exact) mass is 346 g/mol. The number of nitriles is 2. The predicted octanol–water partition coefficient (Wildman–Crippen LogP) is 3.11. The van der Waals surface area contributed by atoms with Gasteiger partial charge in [-0.25, -0.2) is 4.98 Å². The summed E-state index contributed by atoms with van der Waals surface area (Å²) >= 11 is 0. The van der Waals surface area contributed by atoms with E-state index in [-0.39, 0.29) is 13.2 Å². The molecular formula is C19H14N4O3. The van der Waals surface area contributed by atoms with Crippen molar-refractivity contribution in [2.45, 2.75) is 0 Å². The van der Waals surface area contributed by atoms with Crippen molar-refractivity contribution < 1.29 is 14.2 Å². The molecule has 0 fully saturated rings. The second-order valence-corrected chi connectivity index (χ2v) is 5.13. The van der Waals surface area contributed by atoms with Gasteiger partial charge in [-0.05, 0) is 30.3 Å². The van der Waals surface area contributed by atoms with Crippen molar-refractivity contribution >= 4 is 10.9 Å². The van der Waals surface area contributed by atoms with Crippen LogP contribution in [0.1, 0.15) is 0 Å². The zero-order chi connectivity index (χ0) is 18.4. The number of rotatable bonds is 6. The Morgan fingerprint density at radius 3 is 2.46 bits per heavy atom. The van der Waals surface area contributed by atoms with Gasteiger partial charge in [0.05, 0.1) is 18.0 Å². The molecule has 3 aromatic rings. The number of fused-ring (bicyclic) bond motifs is 1. The summed E-state index contributed by atoms with van der Waals surface area (Å²) in [5.74, 6) is 1.70. The van der Waals surface area contributed by atoms with Gasteiger partial charge in [-0.15, -0.1) is 0 Å². The van der Waals surface area contributed by atoms with E-state index in [9.17, 15) is 0 Å².